The number of hydrogen-bond acceptors (Lipinski definition) is 8. The molecule has 0 saturated carbocycles. The fourth-order valence-corrected chi connectivity index (χ4v) is 5.66. The van der Waals surface area contributed by atoms with Crippen LogP contribution in [0.3, 0.4) is 0 Å². The van der Waals surface area contributed by atoms with Crippen molar-refractivity contribution in [2.24, 2.45) is 0 Å². The Labute approximate surface area is 226 Å². The van der Waals surface area contributed by atoms with E-state index in [1.807, 2.05) is 12.1 Å². The first-order valence-corrected chi connectivity index (χ1v) is 13.2. The van der Waals surface area contributed by atoms with Crippen LogP contribution in [0.1, 0.15) is 37.9 Å². The highest BCUT2D eigenvalue weighted by Crippen LogP contribution is 2.41. The fourth-order valence-electron chi connectivity index (χ4n) is 5.66. The lowest BCUT2D eigenvalue weighted by atomic mass is 9.89. The second kappa shape index (κ2) is 9.32. The molecule has 10 nitrogen and oxygen atoms in total. The van der Waals surface area contributed by atoms with Crippen molar-refractivity contribution in [2.45, 2.75) is 50.9 Å². The Morgan fingerprint density at radius 2 is 2.10 bits per heavy atom. The lowest BCUT2D eigenvalue weighted by Gasteiger charge is -2.37. The second-order valence-electron chi connectivity index (χ2n) is 11.1. The molecule has 202 valence electrons. The maximum Gasteiger partial charge on any atom is 0.278 e. The van der Waals surface area contributed by atoms with Gasteiger partial charge in [0, 0.05) is 30.9 Å². The number of piperidine rings is 1. The summed E-state index contributed by atoms with van der Waals surface area (Å²) in [6.07, 6.45) is 6.26. The lowest BCUT2D eigenvalue weighted by Crippen LogP contribution is -2.49. The summed E-state index contributed by atoms with van der Waals surface area (Å²) in [7, 11) is 2.14. The first-order valence-electron chi connectivity index (χ1n) is 13.2. The lowest BCUT2D eigenvalue weighted by molar-refractivity contribution is 0.0184. The van der Waals surface area contributed by atoms with E-state index in [-0.39, 0.29) is 17.7 Å². The largest absolute Gasteiger partial charge is 0.485 e. The minimum Gasteiger partial charge on any atom is -0.485 e. The number of rotatable bonds is 6. The Morgan fingerprint density at radius 1 is 1.26 bits per heavy atom. The number of anilines is 2. The van der Waals surface area contributed by atoms with Crippen LogP contribution < -0.4 is 15.6 Å². The number of likely N-dealkylation sites (N-methyl/N-ethyl adjacent to an activating group) is 1. The number of nitrogens with zero attached hydrogens (tertiary/aromatic N) is 6. The van der Waals surface area contributed by atoms with E-state index in [9.17, 15) is 9.90 Å². The quantitative estimate of drug-likeness (QED) is 0.367. The van der Waals surface area contributed by atoms with Gasteiger partial charge in [-0.1, -0.05) is 18.2 Å². The molecule has 0 aliphatic carbocycles. The molecule has 0 radical (unpaired) electrons. The first kappa shape index (κ1) is 25.3. The molecule has 1 atom stereocenters. The van der Waals surface area contributed by atoms with Crippen molar-refractivity contribution < 1.29 is 9.84 Å². The molecule has 0 amide bonds. The van der Waals surface area contributed by atoms with Crippen molar-refractivity contribution in [3.05, 3.63) is 76.9 Å². The molecule has 6 rings (SSSR count). The van der Waals surface area contributed by atoms with Gasteiger partial charge >= 0.3 is 0 Å². The third kappa shape index (κ3) is 4.59. The maximum absolute atomic E-state index is 13.3. The van der Waals surface area contributed by atoms with Gasteiger partial charge in [-0.25, -0.2) is 19.3 Å². The van der Waals surface area contributed by atoms with E-state index >= 15 is 0 Å². The molecule has 3 aromatic heterocycles. The molecule has 2 aliphatic rings. The van der Waals surface area contributed by atoms with Crippen molar-refractivity contribution in [2.75, 3.05) is 25.5 Å². The van der Waals surface area contributed by atoms with E-state index in [0.717, 1.165) is 43.8 Å². The molecule has 1 spiro atoms. The van der Waals surface area contributed by atoms with E-state index in [1.54, 1.807) is 42.8 Å². The normalized spacial score (nSPS) is 19.3. The molecule has 5 heterocycles. The van der Waals surface area contributed by atoms with Crippen molar-refractivity contribution in [1.82, 2.24) is 29.2 Å². The van der Waals surface area contributed by atoms with Crippen LogP contribution in [0.4, 0.5) is 11.6 Å². The summed E-state index contributed by atoms with van der Waals surface area (Å²) in [5.74, 6) is 1.69. The van der Waals surface area contributed by atoms with Gasteiger partial charge in [0.25, 0.3) is 5.56 Å². The highest BCUT2D eigenvalue weighted by atomic mass is 16.5. The van der Waals surface area contributed by atoms with E-state index in [0.29, 0.717) is 28.5 Å². The van der Waals surface area contributed by atoms with Crippen LogP contribution in [0.15, 0.2) is 60.0 Å². The first-order chi connectivity index (χ1) is 18.7. The fraction of sp³-hybridized carbons (Fsp3) is 0.379. The van der Waals surface area contributed by atoms with Crippen molar-refractivity contribution in [1.29, 1.82) is 0 Å². The predicted octanol–water partition coefficient (Wildman–Crippen LogP) is 3.53. The number of pyridine rings is 1. The molecular weight excluding hydrogens is 494 g/mol. The van der Waals surface area contributed by atoms with Gasteiger partial charge < -0.3 is 20.1 Å². The molecule has 39 heavy (non-hydrogen) atoms. The molecule has 0 bridgehead atoms. The van der Waals surface area contributed by atoms with Gasteiger partial charge in [-0.3, -0.25) is 4.79 Å². The minimum absolute atomic E-state index is 0.155. The number of nitrogens with one attached hydrogen (secondary N) is 1. The molecule has 1 fully saturated rings. The summed E-state index contributed by atoms with van der Waals surface area (Å²) >= 11 is 0. The van der Waals surface area contributed by atoms with Gasteiger partial charge in [0.1, 0.15) is 22.3 Å². The third-order valence-corrected chi connectivity index (χ3v) is 7.45. The number of fused-ring (bicyclic) bond motifs is 2. The summed E-state index contributed by atoms with van der Waals surface area (Å²) in [5.41, 5.74) is 1.34. The molecular formula is C29H33N7O3. The SMILES string of the molecule is C=CCn1c(=O)c2cnc(Nc3ccc4c(c3)OC3(CCCN(C)C3)C4)nc2n1-c1cccc(C(C)(C)O)n1. The van der Waals surface area contributed by atoms with Crippen LogP contribution in [0.5, 0.6) is 5.75 Å². The number of aromatic nitrogens is 5. The van der Waals surface area contributed by atoms with Crippen LogP contribution >= 0.6 is 0 Å². The number of ether oxygens (including phenoxy) is 1. The average Bonchev–Trinajstić information content (AvgIpc) is 3.37. The van der Waals surface area contributed by atoms with E-state index in [1.165, 1.54) is 16.4 Å². The standard InChI is InChI=1S/C29H33N7O3/c1-5-13-35-26(37)21-17-30-27(33-25(21)36(35)24-9-6-8-23(32-24)28(2,3)38)31-20-11-10-19-16-29(39-22(19)15-20)12-7-14-34(4)18-29/h5-6,8-11,15,17,38H,1,7,12-14,16,18H2,2-4H3,(H,30,31,33). The van der Waals surface area contributed by atoms with Crippen LogP contribution in [0.25, 0.3) is 16.9 Å². The molecule has 10 heteroatoms. The van der Waals surface area contributed by atoms with E-state index < -0.39 is 5.60 Å². The third-order valence-electron chi connectivity index (χ3n) is 7.45. The molecule has 4 aromatic rings. The Balaban J connectivity index is 1.36. The number of benzene rings is 1. The summed E-state index contributed by atoms with van der Waals surface area (Å²) in [6, 6.07) is 11.4. The summed E-state index contributed by atoms with van der Waals surface area (Å²) in [5, 5.41) is 14.2. The van der Waals surface area contributed by atoms with Crippen LogP contribution in [0, 0.1) is 0 Å². The predicted molar refractivity (Wildman–Crippen MR) is 150 cm³/mol. The molecule has 2 N–H and O–H groups in total. The smallest absolute Gasteiger partial charge is 0.278 e. The van der Waals surface area contributed by atoms with Crippen LogP contribution in [-0.4, -0.2) is 60.1 Å². The average molecular weight is 528 g/mol. The van der Waals surface area contributed by atoms with Crippen LogP contribution in [0.2, 0.25) is 0 Å². The van der Waals surface area contributed by atoms with Gasteiger partial charge in [0.15, 0.2) is 11.5 Å². The molecule has 1 saturated heterocycles. The Bertz CT molecular complexity index is 1630. The molecule has 2 aliphatic heterocycles. The summed E-state index contributed by atoms with van der Waals surface area (Å²) < 4.78 is 9.67. The van der Waals surface area contributed by atoms with Gasteiger partial charge in [-0.15, -0.1) is 6.58 Å². The summed E-state index contributed by atoms with van der Waals surface area (Å²) in [6.45, 7) is 9.42. The maximum atomic E-state index is 13.3. The Kier molecular flexibility index (Phi) is 6.04. The van der Waals surface area contributed by atoms with Gasteiger partial charge in [0.2, 0.25) is 5.95 Å². The van der Waals surface area contributed by atoms with Crippen LogP contribution in [-0.2, 0) is 18.6 Å². The highest BCUT2D eigenvalue weighted by Gasteiger charge is 2.42. The monoisotopic (exact) mass is 527 g/mol. The van der Waals surface area contributed by atoms with Crippen molar-refractivity contribution in [3.63, 3.8) is 0 Å². The van der Waals surface area contributed by atoms with Gasteiger partial charge in [-0.2, -0.15) is 4.98 Å². The summed E-state index contributed by atoms with van der Waals surface area (Å²) in [4.78, 5) is 29.4. The number of allylic oxidation sites excluding steroid dienone is 1. The molecule has 1 aromatic carbocycles. The van der Waals surface area contributed by atoms with Gasteiger partial charge in [-0.05, 0) is 64.0 Å². The number of aliphatic hydroxyl groups is 1. The van der Waals surface area contributed by atoms with Gasteiger partial charge in [0.05, 0.1) is 12.2 Å². The van der Waals surface area contributed by atoms with Crippen molar-refractivity contribution >= 4 is 22.7 Å². The zero-order valence-corrected chi connectivity index (χ0v) is 22.5. The topological polar surface area (TPSA) is 110 Å². The van der Waals surface area contributed by atoms with E-state index in [2.05, 4.69) is 39.9 Å². The zero-order valence-electron chi connectivity index (χ0n) is 22.5. The number of hydrogen-bond donors (Lipinski definition) is 2. The molecule has 1 unspecified atom stereocenters. The highest BCUT2D eigenvalue weighted by molar-refractivity contribution is 5.77. The zero-order chi connectivity index (χ0) is 27.4. The number of likely N-dealkylation sites (tertiary alicyclic amines) is 1. The van der Waals surface area contributed by atoms with Crippen molar-refractivity contribution in [3.8, 4) is 11.6 Å². The Hall–Kier alpha value is -4.02. The Morgan fingerprint density at radius 3 is 2.87 bits per heavy atom. The second-order valence-corrected chi connectivity index (χ2v) is 11.1. The minimum atomic E-state index is -1.15. The van der Waals surface area contributed by atoms with E-state index in [4.69, 9.17) is 9.72 Å².